The molecule has 2 aromatic rings. The van der Waals surface area contributed by atoms with Crippen molar-refractivity contribution in [1.29, 1.82) is 0 Å². The first-order valence-corrected chi connectivity index (χ1v) is 10.6. The fourth-order valence-corrected chi connectivity index (χ4v) is 3.55. The van der Waals surface area contributed by atoms with Crippen LogP contribution in [0.25, 0.3) is 0 Å². The van der Waals surface area contributed by atoms with E-state index in [2.05, 4.69) is 10.6 Å². The number of anilines is 2. The van der Waals surface area contributed by atoms with Crippen molar-refractivity contribution in [2.24, 2.45) is 0 Å². The van der Waals surface area contributed by atoms with E-state index < -0.39 is 17.7 Å². The van der Waals surface area contributed by atoms with E-state index in [1.807, 2.05) is 16.7 Å². The summed E-state index contributed by atoms with van der Waals surface area (Å²) in [7, 11) is 0. The zero-order valence-electron chi connectivity index (χ0n) is 17.9. The number of benzene rings is 2. The molecule has 1 saturated heterocycles. The van der Waals surface area contributed by atoms with Gasteiger partial charge in [0.1, 0.15) is 5.82 Å². The molecule has 3 rings (SSSR count). The Morgan fingerprint density at radius 1 is 1.06 bits per heavy atom. The van der Waals surface area contributed by atoms with E-state index in [9.17, 15) is 23.9 Å². The number of aromatic carboxylic acids is 1. The summed E-state index contributed by atoms with van der Waals surface area (Å²) in [6.45, 7) is 5.44. The first-order valence-electron chi connectivity index (χ1n) is 10.6. The van der Waals surface area contributed by atoms with Crippen LogP contribution < -0.4 is 15.5 Å². The molecule has 32 heavy (non-hydrogen) atoms. The van der Waals surface area contributed by atoms with Crippen molar-refractivity contribution >= 4 is 29.2 Å². The molecule has 0 unspecified atom stereocenters. The Kier molecular flexibility index (Phi) is 7.77. The number of piperazine rings is 1. The second-order valence-electron chi connectivity index (χ2n) is 7.58. The molecule has 9 heteroatoms. The number of carbonyl (C=O) groups excluding carboxylic acids is 2. The Bertz CT molecular complexity index is 990. The molecule has 0 atom stereocenters. The third-order valence-electron chi connectivity index (χ3n) is 5.26. The van der Waals surface area contributed by atoms with Crippen LogP contribution in [0.15, 0.2) is 42.5 Å². The number of carbonyl (C=O) groups is 3. The Balaban J connectivity index is 1.74. The van der Waals surface area contributed by atoms with Crippen LogP contribution in [-0.4, -0.2) is 67.1 Å². The van der Waals surface area contributed by atoms with Crippen LogP contribution in [0.1, 0.15) is 34.1 Å². The minimum atomic E-state index is -1.12. The Morgan fingerprint density at radius 2 is 1.78 bits per heavy atom. The maximum absolute atomic E-state index is 14.0. The normalized spacial score (nSPS) is 14.1. The molecule has 3 N–H and O–H groups in total. The van der Waals surface area contributed by atoms with Gasteiger partial charge in [-0.25, -0.2) is 9.18 Å². The van der Waals surface area contributed by atoms with E-state index in [0.29, 0.717) is 50.6 Å². The summed E-state index contributed by atoms with van der Waals surface area (Å²) in [6, 6.07) is 10.1. The van der Waals surface area contributed by atoms with Crippen molar-refractivity contribution in [2.45, 2.75) is 13.3 Å². The van der Waals surface area contributed by atoms with Gasteiger partial charge in [0.15, 0.2) is 0 Å². The van der Waals surface area contributed by atoms with Gasteiger partial charge >= 0.3 is 5.97 Å². The lowest BCUT2D eigenvalue weighted by Gasteiger charge is -2.36. The lowest BCUT2D eigenvalue weighted by Crippen LogP contribution is -2.49. The van der Waals surface area contributed by atoms with E-state index in [0.717, 1.165) is 6.42 Å². The average Bonchev–Trinajstić information content (AvgIpc) is 2.78. The number of amides is 2. The number of rotatable bonds is 8. The number of nitrogens with one attached hydrogen (secondary N) is 2. The van der Waals surface area contributed by atoms with Crippen LogP contribution in [0.4, 0.5) is 15.8 Å². The molecule has 170 valence electrons. The lowest BCUT2D eigenvalue weighted by molar-refractivity contribution is -0.122. The van der Waals surface area contributed by atoms with Crippen molar-refractivity contribution in [3.8, 4) is 0 Å². The van der Waals surface area contributed by atoms with Crippen molar-refractivity contribution in [1.82, 2.24) is 10.2 Å². The minimum absolute atomic E-state index is 0.0102. The third kappa shape index (κ3) is 5.82. The molecule has 0 bridgehead atoms. The van der Waals surface area contributed by atoms with Gasteiger partial charge in [-0.2, -0.15) is 0 Å². The van der Waals surface area contributed by atoms with Crippen LogP contribution in [0.5, 0.6) is 0 Å². The van der Waals surface area contributed by atoms with Gasteiger partial charge in [0.2, 0.25) is 5.91 Å². The maximum atomic E-state index is 14.0. The molecule has 0 radical (unpaired) electrons. The van der Waals surface area contributed by atoms with Gasteiger partial charge in [-0.3, -0.25) is 14.5 Å². The first-order chi connectivity index (χ1) is 15.4. The second kappa shape index (κ2) is 10.7. The van der Waals surface area contributed by atoms with Crippen LogP contribution in [0.2, 0.25) is 0 Å². The van der Waals surface area contributed by atoms with Gasteiger partial charge in [-0.1, -0.05) is 19.1 Å². The van der Waals surface area contributed by atoms with Gasteiger partial charge < -0.3 is 20.6 Å². The molecule has 1 aliphatic heterocycles. The highest BCUT2D eigenvalue weighted by molar-refractivity contribution is 6.07. The summed E-state index contributed by atoms with van der Waals surface area (Å²) in [5.74, 6) is -2.45. The monoisotopic (exact) mass is 442 g/mol. The highest BCUT2D eigenvalue weighted by atomic mass is 19.1. The molecule has 2 aromatic carbocycles. The second-order valence-corrected chi connectivity index (χ2v) is 7.58. The molecular formula is C23H27FN4O4. The van der Waals surface area contributed by atoms with E-state index in [-0.39, 0.29) is 17.0 Å². The summed E-state index contributed by atoms with van der Waals surface area (Å²) in [5, 5.41) is 14.9. The Hall–Kier alpha value is -3.46. The smallest absolute Gasteiger partial charge is 0.335 e. The number of halogens is 1. The highest BCUT2D eigenvalue weighted by Crippen LogP contribution is 2.29. The van der Waals surface area contributed by atoms with E-state index in [1.54, 1.807) is 12.1 Å². The SMILES string of the molecule is CCCNC(=O)CN1CCN(c2ccc(C(=O)O)cc2NC(=O)c2ccccc2F)CC1. The Morgan fingerprint density at radius 3 is 2.44 bits per heavy atom. The van der Waals surface area contributed by atoms with Crippen LogP contribution in [0.3, 0.4) is 0 Å². The van der Waals surface area contributed by atoms with Crippen LogP contribution in [0, 0.1) is 5.82 Å². The molecule has 0 aliphatic carbocycles. The quantitative estimate of drug-likeness (QED) is 0.580. The predicted molar refractivity (Wildman–Crippen MR) is 120 cm³/mol. The van der Waals surface area contributed by atoms with Crippen molar-refractivity contribution in [3.63, 3.8) is 0 Å². The lowest BCUT2D eigenvalue weighted by atomic mass is 10.1. The minimum Gasteiger partial charge on any atom is -0.478 e. The van der Waals surface area contributed by atoms with Crippen LogP contribution in [-0.2, 0) is 4.79 Å². The van der Waals surface area contributed by atoms with Crippen molar-refractivity contribution < 1.29 is 23.9 Å². The summed E-state index contributed by atoms with van der Waals surface area (Å²) in [6.07, 6.45) is 0.882. The Labute approximate surface area is 186 Å². The molecule has 8 nitrogen and oxygen atoms in total. The predicted octanol–water partition coefficient (Wildman–Crippen LogP) is 2.42. The molecule has 0 aromatic heterocycles. The third-order valence-corrected chi connectivity index (χ3v) is 5.26. The molecule has 0 saturated carbocycles. The largest absolute Gasteiger partial charge is 0.478 e. The van der Waals surface area contributed by atoms with E-state index in [4.69, 9.17) is 0 Å². The summed E-state index contributed by atoms with van der Waals surface area (Å²) >= 11 is 0. The summed E-state index contributed by atoms with van der Waals surface area (Å²) < 4.78 is 14.0. The fraction of sp³-hybridized carbons (Fsp3) is 0.348. The topological polar surface area (TPSA) is 102 Å². The van der Waals surface area contributed by atoms with Gasteiger partial charge in [0, 0.05) is 32.7 Å². The van der Waals surface area contributed by atoms with Gasteiger partial charge in [-0.15, -0.1) is 0 Å². The van der Waals surface area contributed by atoms with Crippen molar-refractivity contribution in [3.05, 3.63) is 59.4 Å². The number of carboxylic acid groups (broad SMARTS) is 1. The molecule has 1 aliphatic rings. The van der Waals surface area contributed by atoms with Crippen molar-refractivity contribution in [2.75, 3.05) is 49.5 Å². The van der Waals surface area contributed by atoms with Crippen LogP contribution >= 0.6 is 0 Å². The number of carboxylic acids is 1. The summed E-state index contributed by atoms with van der Waals surface area (Å²) in [4.78, 5) is 40.1. The number of hydrogen-bond donors (Lipinski definition) is 3. The molecular weight excluding hydrogens is 415 g/mol. The highest BCUT2D eigenvalue weighted by Gasteiger charge is 2.23. The first kappa shape index (κ1) is 23.2. The fourth-order valence-electron chi connectivity index (χ4n) is 3.55. The van der Waals surface area contributed by atoms with Gasteiger partial charge in [0.05, 0.1) is 29.0 Å². The van der Waals surface area contributed by atoms with Gasteiger partial charge in [-0.05, 0) is 36.8 Å². The average molecular weight is 442 g/mol. The molecule has 1 fully saturated rings. The zero-order valence-corrected chi connectivity index (χ0v) is 17.9. The maximum Gasteiger partial charge on any atom is 0.335 e. The standard InChI is InChI=1S/C23H27FN4O4/c1-2-9-25-21(29)15-27-10-12-28(13-11-27)20-8-7-16(23(31)32)14-19(20)26-22(30)17-5-3-4-6-18(17)24/h3-8,14H,2,9-13,15H2,1H3,(H,25,29)(H,26,30)(H,31,32). The van der Waals surface area contributed by atoms with Gasteiger partial charge in [0.25, 0.3) is 5.91 Å². The van der Waals surface area contributed by atoms with E-state index in [1.165, 1.54) is 30.3 Å². The number of nitrogens with zero attached hydrogens (tertiary/aromatic N) is 2. The molecule has 1 heterocycles. The molecule has 2 amide bonds. The zero-order chi connectivity index (χ0) is 23.1. The molecule has 0 spiro atoms. The number of hydrogen-bond acceptors (Lipinski definition) is 5. The van der Waals surface area contributed by atoms with E-state index >= 15 is 0 Å². The summed E-state index contributed by atoms with van der Waals surface area (Å²) in [5.41, 5.74) is 0.841.